The Balaban J connectivity index is 2.05. The van der Waals surface area contributed by atoms with Crippen LogP contribution >= 0.6 is 23.1 Å². The van der Waals surface area contributed by atoms with Gasteiger partial charge < -0.3 is 14.0 Å². The molecule has 0 atom stereocenters. The Bertz CT molecular complexity index is 1020. The molecule has 0 aliphatic rings. The van der Waals surface area contributed by atoms with Crippen molar-refractivity contribution >= 4 is 39.2 Å². The first-order valence-electron chi connectivity index (χ1n) is 8.10. The zero-order valence-corrected chi connectivity index (χ0v) is 16.7. The van der Waals surface area contributed by atoms with Crippen LogP contribution in [0.2, 0.25) is 0 Å². The maximum absolute atomic E-state index is 12.6. The zero-order valence-electron chi connectivity index (χ0n) is 15.1. The summed E-state index contributed by atoms with van der Waals surface area (Å²) < 4.78 is 13.6. The van der Waals surface area contributed by atoms with Gasteiger partial charge in [0, 0.05) is 29.6 Å². The minimum atomic E-state index is -0.246. The molecule has 2 aromatic carbocycles. The number of hydrogen-bond donors (Lipinski definition) is 0. The second kappa shape index (κ2) is 7.97. The second-order valence-corrected chi connectivity index (χ2v) is 7.84. The molecule has 0 aliphatic heterocycles. The Morgan fingerprint density at radius 1 is 1.19 bits per heavy atom. The highest BCUT2D eigenvalue weighted by Crippen LogP contribution is 2.33. The van der Waals surface area contributed by atoms with E-state index in [1.54, 1.807) is 32.0 Å². The van der Waals surface area contributed by atoms with Crippen molar-refractivity contribution in [1.29, 1.82) is 0 Å². The van der Waals surface area contributed by atoms with Gasteiger partial charge in [0.25, 0.3) is 5.91 Å². The molecule has 7 heteroatoms. The average molecular weight is 389 g/mol. The number of ether oxygens (including phenoxy) is 2. The molecule has 0 N–H and O–H groups in total. The topological polar surface area (TPSA) is 52.8 Å². The monoisotopic (exact) mass is 388 g/mol. The smallest absolute Gasteiger partial charge is 0.279 e. The van der Waals surface area contributed by atoms with E-state index in [0.717, 1.165) is 20.9 Å². The number of thioether (sulfide) groups is 1. The number of benzene rings is 2. The van der Waals surface area contributed by atoms with E-state index in [9.17, 15) is 4.79 Å². The number of fused-ring (bicyclic) bond motifs is 1. The fourth-order valence-corrected chi connectivity index (χ4v) is 4.34. The summed E-state index contributed by atoms with van der Waals surface area (Å²) in [7, 11) is 5.10. The molecule has 0 saturated carbocycles. The van der Waals surface area contributed by atoms with Crippen LogP contribution in [0.4, 0.5) is 0 Å². The summed E-state index contributed by atoms with van der Waals surface area (Å²) in [6.07, 6.45) is 0. The number of hydrogen-bond acceptors (Lipinski definition) is 5. The molecule has 0 saturated heterocycles. The van der Waals surface area contributed by atoms with Crippen molar-refractivity contribution in [3.05, 3.63) is 46.8 Å². The SMILES string of the molecule is CCSc1cccc(C(=O)N=c2sc3cc(OC)c(OC)cc3n2C)c1. The normalized spacial score (nSPS) is 11.8. The molecular formula is C19H20N2O3S2. The standard InChI is InChI=1S/C19H20N2O3S2/c1-5-25-13-8-6-7-12(9-13)18(22)20-19-21(2)14-10-15(23-3)16(24-4)11-17(14)26-19/h6-11H,5H2,1-4H3. The Morgan fingerprint density at radius 2 is 1.92 bits per heavy atom. The third-order valence-corrected chi connectivity index (χ3v) is 5.87. The van der Waals surface area contributed by atoms with Gasteiger partial charge in [-0.25, -0.2) is 0 Å². The Morgan fingerprint density at radius 3 is 2.62 bits per heavy atom. The van der Waals surface area contributed by atoms with Crippen LogP contribution in [0.25, 0.3) is 10.2 Å². The molecule has 5 nitrogen and oxygen atoms in total. The molecule has 0 aliphatic carbocycles. The molecule has 0 radical (unpaired) electrons. The molecular weight excluding hydrogens is 368 g/mol. The minimum absolute atomic E-state index is 0.246. The van der Waals surface area contributed by atoms with E-state index in [1.807, 2.05) is 41.9 Å². The number of carbonyl (C=O) groups excluding carboxylic acids is 1. The number of aromatic nitrogens is 1. The molecule has 136 valence electrons. The number of methoxy groups -OCH3 is 2. The van der Waals surface area contributed by atoms with Gasteiger partial charge in [-0.2, -0.15) is 4.99 Å². The number of rotatable bonds is 5. The molecule has 3 aromatic rings. The summed E-state index contributed by atoms with van der Waals surface area (Å²) >= 11 is 3.15. The van der Waals surface area contributed by atoms with Crippen molar-refractivity contribution in [1.82, 2.24) is 4.57 Å². The van der Waals surface area contributed by atoms with Crippen molar-refractivity contribution in [2.45, 2.75) is 11.8 Å². The van der Waals surface area contributed by atoms with E-state index in [0.29, 0.717) is 21.9 Å². The van der Waals surface area contributed by atoms with Crippen molar-refractivity contribution in [3.63, 3.8) is 0 Å². The number of aryl methyl sites for hydroxylation is 1. The van der Waals surface area contributed by atoms with E-state index >= 15 is 0 Å². The molecule has 0 fully saturated rings. The van der Waals surface area contributed by atoms with Gasteiger partial charge in [0.15, 0.2) is 16.3 Å². The molecule has 3 rings (SSSR count). The minimum Gasteiger partial charge on any atom is -0.493 e. The lowest BCUT2D eigenvalue weighted by molar-refractivity contribution is 0.0997. The predicted molar refractivity (Wildman–Crippen MR) is 107 cm³/mol. The number of amides is 1. The molecule has 1 amide bonds. The maximum Gasteiger partial charge on any atom is 0.279 e. The van der Waals surface area contributed by atoms with Crippen molar-refractivity contribution in [2.24, 2.45) is 12.0 Å². The van der Waals surface area contributed by atoms with Crippen LogP contribution in [0.15, 0.2) is 46.3 Å². The fraction of sp³-hybridized carbons (Fsp3) is 0.263. The van der Waals surface area contributed by atoms with E-state index in [2.05, 4.69) is 11.9 Å². The first kappa shape index (κ1) is 18.5. The third-order valence-electron chi connectivity index (χ3n) is 3.90. The molecule has 0 bridgehead atoms. The van der Waals surface area contributed by atoms with E-state index in [4.69, 9.17) is 9.47 Å². The molecule has 0 spiro atoms. The van der Waals surface area contributed by atoms with Gasteiger partial charge in [-0.3, -0.25) is 4.79 Å². The van der Waals surface area contributed by atoms with Crippen molar-refractivity contribution in [3.8, 4) is 11.5 Å². The van der Waals surface area contributed by atoms with Gasteiger partial charge in [0.2, 0.25) is 0 Å². The highest BCUT2D eigenvalue weighted by atomic mass is 32.2. The van der Waals surface area contributed by atoms with Crippen molar-refractivity contribution in [2.75, 3.05) is 20.0 Å². The largest absolute Gasteiger partial charge is 0.493 e. The molecule has 0 unspecified atom stereocenters. The Labute approximate surface area is 160 Å². The van der Waals surface area contributed by atoms with Crippen LogP contribution in [0, 0.1) is 0 Å². The predicted octanol–water partition coefficient (Wildman–Crippen LogP) is 4.11. The van der Waals surface area contributed by atoms with E-state index < -0.39 is 0 Å². The highest BCUT2D eigenvalue weighted by Gasteiger charge is 2.12. The van der Waals surface area contributed by atoms with Gasteiger partial charge in [-0.05, 0) is 24.0 Å². The lowest BCUT2D eigenvalue weighted by Crippen LogP contribution is -2.13. The van der Waals surface area contributed by atoms with Crippen LogP contribution in [-0.2, 0) is 7.05 Å². The summed E-state index contributed by atoms with van der Waals surface area (Å²) in [4.78, 5) is 18.6. The first-order chi connectivity index (χ1) is 12.6. The van der Waals surface area contributed by atoms with Gasteiger partial charge >= 0.3 is 0 Å². The van der Waals surface area contributed by atoms with Crippen LogP contribution in [0.3, 0.4) is 0 Å². The lowest BCUT2D eigenvalue weighted by atomic mass is 10.2. The molecule has 1 heterocycles. The van der Waals surface area contributed by atoms with E-state index in [1.165, 1.54) is 11.3 Å². The van der Waals surface area contributed by atoms with Crippen LogP contribution in [-0.4, -0.2) is 30.4 Å². The van der Waals surface area contributed by atoms with E-state index in [-0.39, 0.29) is 5.91 Å². The lowest BCUT2D eigenvalue weighted by Gasteiger charge is -2.07. The molecule has 1 aromatic heterocycles. The first-order valence-corrected chi connectivity index (χ1v) is 9.91. The maximum atomic E-state index is 12.6. The summed E-state index contributed by atoms with van der Waals surface area (Å²) in [5, 5.41) is 0. The van der Waals surface area contributed by atoms with Crippen LogP contribution in [0.5, 0.6) is 11.5 Å². The zero-order chi connectivity index (χ0) is 18.7. The van der Waals surface area contributed by atoms with Gasteiger partial charge in [0.1, 0.15) is 0 Å². The summed E-state index contributed by atoms with van der Waals surface area (Å²) in [6.45, 7) is 2.09. The average Bonchev–Trinajstić information content (AvgIpc) is 2.96. The van der Waals surface area contributed by atoms with Crippen LogP contribution < -0.4 is 14.3 Å². The van der Waals surface area contributed by atoms with Gasteiger partial charge in [-0.15, -0.1) is 11.8 Å². The molecule has 26 heavy (non-hydrogen) atoms. The van der Waals surface area contributed by atoms with Crippen LogP contribution in [0.1, 0.15) is 17.3 Å². The highest BCUT2D eigenvalue weighted by molar-refractivity contribution is 7.99. The second-order valence-electron chi connectivity index (χ2n) is 5.50. The van der Waals surface area contributed by atoms with Gasteiger partial charge in [0.05, 0.1) is 24.4 Å². The third kappa shape index (κ3) is 3.64. The number of thiazole rings is 1. The number of nitrogens with zero attached hydrogens (tertiary/aromatic N) is 2. The summed E-state index contributed by atoms with van der Waals surface area (Å²) in [6, 6.07) is 11.4. The fourth-order valence-electron chi connectivity index (χ4n) is 2.60. The van der Waals surface area contributed by atoms with Crippen molar-refractivity contribution < 1.29 is 14.3 Å². The Kier molecular flexibility index (Phi) is 5.68. The van der Waals surface area contributed by atoms with Gasteiger partial charge in [-0.1, -0.05) is 24.3 Å². The summed E-state index contributed by atoms with van der Waals surface area (Å²) in [5.74, 6) is 2.02. The Hall–Kier alpha value is -2.25. The summed E-state index contributed by atoms with van der Waals surface area (Å²) in [5.41, 5.74) is 1.53. The number of carbonyl (C=O) groups is 1. The quantitative estimate of drug-likeness (QED) is 0.617.